The molecule has 1 aliphatic rings. The minimum atomic E-state index is -3.60. The molecule has 2 N–H and O–H groups in total. The molecule has 0 spiro atoms. The van der Waals surface area contributed by atoms with Crippen molar-refractivity contribution in [1.82, 2.24) is 4.31 Å². The van der Waals surface area contributed by atoms with Gasteiger partial charge in [0.25, 0.3) is 15.9 Å². The molecule has 0 aliphatic carbocycles. The van der Waals surface area contributed by atoms with Crippen molar-refractivity contribution in [2.75, 3.05) is 13.2 Å². The standard InChI is InChI=1S/C12H16BNO6S/c1-12(2)11(15)14(21(12,18)19)6-7-20-10-5-3-4-9(8-10)13(16)17/h3-5,8,16-17H,6-7H2,1-2H3. The van der Waals surface area contributed by atoms with Crippen LogP contribution in [0.5, 0.6) is 5.75 Å². The lowest BCUT2D eigenvalue weighted by Crippen LogP contribution is -2.67. The Morgan fingerprint density at radius 2 is 2.00 bits per heavy atom. The highest BCUT2D eigenvalue weighted by atomic mass is 32.2. The lowest BCUT2D eigenvalue weighted by atomic mass is 9.80. The topological polar surface area (TPSA) is 104 Å². The third kappa shape index (κ3) is 2.64. The minimum Gasteiger partial charge on any atom is -0.492 e. The van der Waals surface area contributed by atoms with Gasteiger partial charge in [0, 0.05) is 0 Å². The zero-order chi connectivity index (χ0) is 15.8. The van der Waals surface area contributed by atoms with Crippen molar-refractivity contribution in [3.63, 3.8) is 0 Å². The molecule has 9 heteroatoms. The van der Waals surface area contributed by atoms with Gasteiger partial charge in [0.05, 0.1) is 6.54 Å². The summed E-state index contributed by atoms with van der Waals surface area (Å²) in [5, 5.41) is 18.1. The van der Waals surface area contributed by atoms with E-state index >= 15 is 0 Å². The van der Waals surface area contributed by atoms with Crippen molar-refractivity contribution in [2.45, 2.75) is 18.6 Å². The number of nitrogens with zero attached hydrogens (tertiary/aromatic N) is 1. The molecule has 0 bridgehead atoms. The number of hydrogen-bond donors (Lipinski definition) is 2. The second-order valence-corrected chi connectivity index (χ2v) is 7.60. The number of sulfonamides is 1. The van der Waals surface area contributed by atoms with Gasteiger partial charge in [-0.25, -0.2) is 12.7 Å². The van der Waals surface area contributed by atoms with Crippen LogP contribution >= 0.6 is 0 Å². The Morgan fingerprint density at radius 3 is 2.57 bits per heavy atom. The fraction of sp³-hybridized carbons (Fsp3) is 0.417. The first-order valence-corrected chi connectivity index (χ1v) is 7.77. The van der Waals surface area contributed by atoms with E-state index in [1.807, 2.05) is 0 Å². The Hall–Kier alpha value is -1.58. The first-order chi connectivity index (χ1) is 9.68. The van der Waals surface area contributed by atoms with E-state index in [0.717, 1.165) is 4.31 Å². The summed E-state index contributed by atoms with van der Waals surface area (Å²) >= 11 is 0. The summed E-state index contributed by atoms with van der Waals surface area (Å²) in [4.78, 5) is 11.7. The number of amides is 1. The third-order valence-electron chi connectivity index (χ3n) is 3.40. The zero-order valence-corrected chi connectivity index (χ0v) is 12.5. The molecule has 1 aliphatic heterocycles. The van der Waals surface area contributed by atoms with Crippen LogP contribution in [0.4, 0.5) is 0 Å². The van der Waals surface area contributed by atoms with Gasteiger partial charge in [-0.3, -0.25) is 4.79 Å². The summed E-state index contributed by atoms with van der Waals surface area (Å²) < 4.78 is 28.5. The van der Waals surface area contributed by atoms with Crippen LogP contribution in [0.2, 0.25) is 0 Å². The predicted octanol–water partition coefficient (Wildman–Crippen LogP) is -1.30. The summed E-state index contributed by atoms with van der Waals surface area (Å²) in [5.74, 6) is -0.0872. The number of rotatable bonds is 5. The van der Waals surface area contributed by atoms with Gasteiger partial charge in [-0.15, -0.1) is 0 Å². The van der Waals surface area contributed by atoms with Gasteiger partial charge in [0.2, 0.25) is 0 Å². The summed E-state index contributed by atoms with van der Waals surface area (Å²) in [6.07, 6.45) is 0. The monoisotopic (exact) mass is 313 g/mol. The van der Waals surface area contributed by atoms with Crippen molar-refractivity contribution in [1.29, 1.82) is 0 Å². The minimum absolute atomic E-state index is 0.00791. The normalized spacial score (nSPS) is 19.0. The van der Waals surface area contributed by atoms with E-state index in [1.165, 1.54) is 26.0 Å². The van der Waals surface area contributed by atoms with Crippen LogP contribution in [0.15, 0.2) is 24.3 Å². The summed E-state index contributed by atoms with van der Waals surface area (Å²) in [6, 6.07) is 6.13. The van der Waals surface area contributed by atoms with Gasteiger partial charge < -0.3 is 14.8 Å². The Kier molecular flexibility index (Phi) is 4.01. The number of ether oxygens (including phenoxy) is 1. The van der Waals surface area contributed by atoms with E-state index in [2.05, 4.69) is 0 Å². The first kappa shape index (κ1) is 15.8. The predicted molar refractivity (Wildman–Crippen MR) is 76.5 cm³/mol. The smallest absolute Gasteiger partial charge is 0.488 e. The molecule has 0 saturated carbocycles. The Balaban J connectivity index is 1.94. The van der Waals surface area contributed by atoms with Crippen LogP contribution in [-0.4, -0.2) is 53.7 Å². The molecular weight excluding hydrogens is 297 g/mol. The molecule has 0 aromatic heterocycles. The van der Waals surface area contributed by atoms with Gasteiger partial charge in [0.1, 0.15) is 12.4 Å². The highest BCUT2D eigenvalue weighted by Gasteiger charge is 2.59. The van der Waals surface area contributed by atoms with Crippen LogP contribution in [0, 0.1) is 0 Å². The molecule has 0 atom stereocenters. The van der Waals surface area contributed by atoms with Gasteiger partial charge in [-0.2, -0.15) is 0 Å². The van der Waals surface area contributed by atoms with Gasteiger partial charge in [0.15, 0.2) is 4.75 Å². The fourth-order valence-corrected chi connectivity index (χ4v) is 3.50. The van der Waals surface area contributed by atoms with Crippen molar-refractivity contribution < 1.29 is 28.0 Å². The van der Waals surface area contributed by atoms with Crippen LogP contribution in [0.1, 0.15) is 13.8 Å². The number of carbonyl (C=O) groups excluding carboxylic acids is 1. The van der Waals surface area contributed by atoms with Crippen LogP contribution in [0.25, 0.3) is 0 Å². The molecule has 21 heavy (non-hydrogen) atoms. The average molecular weight is 313 g/mol. The quantitative estimate of drug-likeness (QED) is 0.655. The van der Waals surface area contributed by atoms with Crippen LogP contribution in [-0.2, 0) is 14.8 Å². The Morgan fingerprint density at radius 1 is 1.33 bits per heavy atom. The van der Waals surface area contributed by atoms with Crippen molar-refractivity contribution in [3.05, 3.63) is 24.3 Å². The molecule has 114 valence electrons. The van der Waals surface area contributed by atoms with Gasteiger partial charge in [-0.05, 0) is 31.4 Å². The maximum atomic E-state index is 11.9. The molecule has 1 aromatic rings. The zero-order valence-electron chi connectivity index (χ0n) is 11.7. The maximum Gasteiger partial charge on any atom is 0.488 e. The van der Waals surface area contributed by atoms with Gasteiger partial charge >= 0.3 is 7.12 Å². The van der Waals surface area contributed by atoms with Crippen molar-refractivity contribution >= 4 is 28.5 Å². The molecule has 0 radical (unpaired) electrons. The molecule has 1 saturated heterocycles. The summed E-state index contributed by atoms with van der Waals surface area (Å²) in [5.41, 5.74) is 0.265. The van der Waals surface area contributed by atoms with Crippen LogP contribution < -0.4 is 10.2 Å². The van der Waals surface area contributed by atoms with E-state index in [-0.39, 0.29) is 18.6 Å². The average Bonchev–Trinajstić information content (AvgIpc) is 2.42. The molecular formula is C12H16BNO6S. The maximum absolute atomic E-state index is 11.9. The van der Waals surface area contributed by atoms with Crippen molar-refractivity contribution in [3.8, 4) is 5.75 Å². The SMILES string of the molecule is CC1(C)C(=O)N(CCOc2cccc(B(O)O)c2)S1(=O)=O. The second kappa shape index (κ2) is 5.32. The lowest BCUT2D eigenvalue weighted by molar-refractivity contribution is -0.132. The van der Waals surface area contributed by atoms with E-state index < -0.39 is 27.8 Å². The van der Waals surface area contributed by atoms with E-state index in [1.54, 1.807) is 12.1 Å². The van der Waals surface area contributed by atoms with Crippen LogP contribution in [0.3, 0.4) is 0 Å². The highest BCUT2D eigenvalue weighted by molar-refractivity contribution is 7.94. The molecule has 1 aromatic carbocycles. The largest absolute Gasteiger partial charge is 0.492 e. The molecule has 1 amide bonds. The molecule has 2 rings (SSSR count). The van der Waals surface area contributed by atoms with E-state index in [4.69, 9.17) is 14.8 Å². The fourth-order valence-electron chi connectivity index (χ4n) is 1.99. The number of carbonyl (C=O) groups is 1. The second-order valence-electron chi connectivity index (χ2n) is 5.19. The molecule has 1 fully saturated rings. The number of hydrogen-bond acceptors (Lipinski definition) is 6. The molecule has 7 nitrogen and oxygen atoms in total. The third-order valence-corrected chi connectivity index (χ3v) is 5.79. The first-order valence-electron chi connectivity index (χ1n) is 6.33. The van der Waals surface area contributed by atoms with E-state index in [0.29, 0.717) is 5.75 Å². The van der Waals surface area contributed by atoms with Gasteiger partial charge in [-0.1, -0.05) is 12.1 Å². The van der Waals surface area contributed by atoms with E-state index in [9.17, 15) is 13.2 Å². The summed E-state index contributed by atoms with van der Waals surface area (Å²) in [6.45, 7) is 2.66. The summed E-state index contributed by atoms with van der Waals surface area (Å²) in [7, 11) is -5.21. The molecule has 1 heterocycles. The Bertz CT molecular complexity index is 657. The highest BCUT2D eigenvalue weighted by Crippen LogP contribution is 2.34. The Labute approximate surface area is 123 Å². The number of benzene rings is 1. The lowest BCUT2D eigenvalue weighted by Gasteiger charge is -2.42. The van der Waals surface area contributed by atoms with Crippen molar-refractivity contribution in [2.24, 2.45) is 0 Å². The molecule has 0 unspecified atom stereocenters.